The smallest absolute Gasteiger partial charge is 0.266 e. The second-order valence-corrected chi connectivity index (χ2v) is 7.90. The molecule has 2 aromatic carbocycles. The molecule has 30 heavy (non-hydrogen) atoms. The van der Waals surface area contributed by atoms with Gasteiger partial charge in [0.2, 0.25) is 5.91 Å². The standard InChI is InChI=1S/C23H27N3O3S/c1-3-4-5-8-14-24-21(27)16-30-23-25-20-13-7-6-12-19(20)22(28)26(23)17-10-9-11-18(15-17)29-2/h6-7,9-13,15H,3-5,8,14,16H2,1-2H3,(H,24,27). The summed E-state index contributed by atoms with van der Waals surface area (Å²) in [6.45, 7) is 2.83. The Morgan fingerprint density at radius 1 is 1.13 bits per heavy atom. The lowest BCUT2D eigenvalue weighted by Crippen LogP contribution is -2.27. The van der Waals surface area contributed by atoms with E-state index in [1.807, 2.05) is 36.4 Å². The van der Waals surface area contributed by atoms with E-state index in [4.69, 9.17) is 4.74 Å². The van der Waals surface area contributed by atoms with Crippen molar-refractivity contribution in [2.45, 2.75) is 37.8 Å². The van der Waals surface area contributed by atoms with Gasteiger partial charge in [-0.2, -0.15) is 0 Å². The Morgan fingerprint density at radius 3 is 2.77 bits per heavy atom. The van der Waals surface area contributed by atoms with Gasteiger partial charge in [0.15, 0.2) is 5.16 Å². The summed E-state index contributed by atoms with van der Waals surface area (Å²) in [5.41, 5.74) is 1.10. The number of amides is 1. The van der Waals surface area contributed by atoms with Crippen molar-refractivity contribution in [1.82, 2.24) is 14.9 Å². The van der Waals surface area contributed by atoms with E-state index in [1.54, 1.807) is 23.8 Å². The number of rotatable bonds is 10. The molecule has 1 heterocycles. The van der Waals surface area contributed by atoms with Gasteiger partial charge in [0.1, 0.15) is 5.75 Å². The Balaban J connectivity index is 1.85. The number of aromatic nitrogens is 2. The number of carbonyl (C=O) groups is 1. The van der Waals surface area contributed by atoms with Gasteiger partial charge in [-0.3, -0.25) is 14.2 Å². The molecule has 3 rings (SSSR count). The minimum absolute atomic E-state index is 0.0592. The number of benzene rings is 2. The third kappa shape index (κ3) is 5.42. The Morgan fingerprint density at radius 2 is 1.97 bits per heavy atom. The van der Waals surface area contributed by atoms with Gasteiger partial charge in [-0.15, -0.1) is 0 Å². The van der Waals surface area contributed by atoms with Gasteiger partial charge in [0, 0.05) is 12.6 Å². The quantitative estimate of drug-likeness (QED) is 0.300. The first-order valence-electron chi connectivity index (χ1n) is 10.2. The molecule has 0 atom stereocenters. The monoisotopic (exact) mass is 425 g/mol. The molecule has 0 spiro atoms. The summed E-state index contributed by atoms with van der Waals surface area (Å²) >= 11 is 1.26. The van der Waals surface area contributed by atoms with Crippen LogP contribution < -0.4 is 15.6 Å². The number of para-hydroxylation sites is 1. The van der Waals surface area contributed by atoms with Crippen molar-refractivity contribution in [3.63, 3.8) is 0 Å². The molecular weight excluding hydrogens is 398 g/mol. The molecule has 0 radical (unpaired) electrons. The van der Waals surface area contributed by atoms with E-state index < -0.39 is 0 Å². The van der Waals surface area contributed by atoms with Gasteiger partial charge in [0.25, 0.3) is 5.56 Å². The lowest BCUT2D eigenvalue weighted by atomic mass is 10.2. The molecule has 3 aromatic rings. The molecule has 1 amide bonds. The molecule has 0 saturated heterocycles. The molecule has 0 aliphatic heterocycles. The van der Waals surface area contributed by atoms with Gasteiger partial charge in [-0.1, -0.05) is 56.1 Å². The summed E-state index contributed by atoms with van der Waals surface area (Å²) in [5.74, 6) is 0.784. The van der Waals surface area contributed by atoms with Gasteiger partial charge in [-0.25, -0.2) is 4.98 Å². The fourth-order valence-corrected chi connectivity index (χ4v) is 3.99. The molecular formula is C23H27N3O3S. The number of thioether (sulfide) groups is 1. The highest BCUT2D eigenvalue weighted by atomic mass is 32.2. The van der Waals surface area contributed by atoms with Crippen LogP contribution in [0.3, 0.4) is 0 Å². The lowest BCUT2D eigenvalue weighted by Gasteiger charge is -2.14. The van der Waals surface area contributed by atoms with Gasteiger partial charge >= 0.3 is 0 Å². The molecule has 0 aliphatic rings. The fraction of sp³-hybridized carbons (Fsp3) is 0.348. The highest BCUT2D eigenvalue weighted by Gasteiger charge is 2.15. The maximum absolute atomic E-state index is 13.2. The van der Waals surface area contributed by atoms with Gasteiger partial charge in [-0.05, 0) is 30.7 Å². The Kier molecular flexibility index (Phi) is 7.90. The van der Waals surface area contributed by atoms with Crippen LogP contribution in [0.2, 0.25) is 0 Å². The lowest BCUT2D eigenvalue weighted by molar-refractivity contribution is -0.118. The van der Waals surface area contributed by atoms with Crippen LogP contribution in [0.4, 0.5) is 0 Å². The average molecular weight is 426 g/mol. The first kappa shape index (κ1) is 21.9. The largest absolute Gasteiger partial charge is 0.497 e. The Bertz CT molecular complexity index is 1060. The van der Waals surface area contributed by atoms with E-state index in [-0.39, 0.29) is 17.2 Å². The number of fused-ring (bicyclic) bond motifs is 1. The summed E-state index contributed by atoms with van der Waals surface area (Å²) in [6.07, 6.45) is 4.44. The summed E-state index contributed by atoms with van der Waals surface area (Å²) < 4.78 is 6.85. The van der Waals surface area contributed by atoms with Crippen molar-refractivity contribution in [2.75, 3.05) is 19.4 Å². The van der Waals surface area contributed by atoms with Crippen LogP contribution in [0.25, 0.3) is 16.6 Å². The number of carbonyl (C=O) groups excluding carboxylic acids is 1. The van der Waals surface area contributed by atoms with Crippen molar-refractivity contribution in [2.24, 2.45) is 0 Å². The average Bonchev–Trinajstić information content (AvgIpc) is 2.77. The van der Waals surface area contributed by atoms with Gasteiger partial charge < -0.3 is 10.1 Å². The normalized spacial score (nSPS) is 10.9. The van der Waals surface area contributed by atoms with E-state index >= 15 is 0 Å². The van der Waals surface area contributed by atoms with Crippen LogP contribution in [-0.4, -0.2) is 34.9 Å². The van der Waals surface area contributed by atoms with E-state index in [2.05, 4.69) is 17.2 Å². The highest BCUT2D eigenvalue weighted by molar-refractivity contribution is 7.99. The minimum atomic E-state index is -0.170. The molecule has 0 fully saturated rings. The molecule has 1 aromatic heterocycles. The summed E-state index contributed by atoms with van der Waals surface area (Å²) in [4.78, 5) is 30.2. The molecule has 158 valence electrons. The molecule has 0 aliphatic carbocycles. The second-order valence-electron chi connectivity index (χ2n) is 6.95. The first-order valence-corrected chi connectivity index (χ1v) is 11.2. The zero-order chi connectivity index (χ0) is 21.3. The van der Waals surface area contributed by atoms with Crippen molar-refractivity contribution in [1.29, 1.82) is 0 Å². The SMILES string of the molecule is CCCCCCNC(=O)CSc1nc2ccccc2c(=O)n1-c1cccc(OC)c1. The van der Waals surface area contributed by atoms with E-state index in [9.17, 15) is 9.59 Å². The molecule has 1 N–H and O–H groups in total. The highest BCUT2D eigenvalue weighted by Crippen LogP contribution is 2.23. The maximum Gasteiger partial charge on any atom is 0.266 e. The van der Waals surface area contributed by atoms with Crippen molar-refractivity contribution in [3.8, 4) is 11.4 Å². The van der Waals surface area contributed by atoms with Crippen LogP contribution >= 0.6 is 11.8 Å². The van der Waals surface area contributed by atoms with Gasteiger partial charge in [0.05, 0.1) is 29.5 Å². The number of ether oxygens (including phenoxy) is 1. The molecule has 6 nitrogen and oxygen atoms in total. The number of nitrogens with one attached hydrogen (secondary N) is 1. The van der Waals surface area contributed by atoms with E-state index in [0.717, 1.165) is 12.8 Å². The van der Waals surface area contributed by atoms with Crippen LogP contribution in [0, 0.1) is 0 Å². The maximum atomic E-state index is 13.2. The summed E-state index contributed by atoms with van der Waals surface area (Å²) in [7, 11) is 1.58. The van der Waals surface area contributed by atoms with Crippen LogP contribution in [0.1, 0.15) is 32.6 Å². The van der Waals surface area contributed by atoms with E-state index in [1.165, 1.54) is 24.6 Å². The molecule has 0 unspecified atom stereocenters. The summed E-state index contributed by atoms with van der Waals surface area (Å²) in [6, 6.07) is 14.5. The second kappa shape index (κ2) is 10.8. The molecule has 0 saturated carbocycles. The number of nitrogens with zero attached hydrogens (tertiary/aromatic N) is 2. The van der Waals surface area contributed by atoms with E-state index in [0.29, 0.717) is 34.0 Å². The predicted octanol–water partition coefficient (Wildman–Crippen LogP) is 4.18. The topological polar surface area (TPSA) is 73.2 Å². The number of unbranched alkanes of at least 4 members (excludes halogenated alkanes) is 3. The third-order valence-corrected chi connectivity index (χ3v) is 5.68. The fourth-order valence-electron chi connectivity index (χ4n) is 3.15. The zero-order valence-corrected chi connectivity index (χ0v) is 18.2. The number of hydrogen-bond acceptors (Lipinski definition) is 5. The van der Waals surface area contributed by atoms with Crippen LogP contribution in [0.15, 0.2) is 58.5 Å². The number of methoxy groups -OCH3 is 1. The number of hydrogen-bond donors (Lipinski definition) is 1. The zero-order valence-electron chi connectivity index (χ0n) is 17.4. The summed E-state index contributed by atoms with van der Waals surface area (Å²) in [5, 5.41) is 3.96. The Hall–Kier alpha value is -2.80. The van der Waals surface area contributed by atoms with Crippen LogP contribution in [-0.2, 0) is 4.79 Å². The third-order valence-electron chi connectivity index (χ3n) is 4.74. The van der Waals surface area contributed by atoms with Crippen LogP contribution in [0.5, 0.6) is 5.75 Å². The van der Waals surface area contributed by atoms with Crippen molar-refractivity contribution >= 4 is 28.6 Å². The predicted molar refractivity (Wildman–Crippen MR) is 122 cm³/mol. The van der Waals surface area contributed by atoms with Crippen molar-refractivity contribution in [3.05, 3.63) is 58.9 Å². The molecule has 7 heteroatoms. The minimum Gasteiger partial charge on any atom is -0.497 e. The Labute approximate surface area is 180 Å². The molecule has 0 bridgehead atoms. The first-order chi connectivity index (χ1) is 14.6. The van der Waals surface area contributed by atoms with Crippen molar-refractivity contribution < 1.29 is 9.53 Å².